The second kappa shape index (κ2) is 7.38. The Morgan fingerprint density at radius 1 is 1.29 bits per heavy atom. The molecule has 0 aromatic heterocycles. The lowest BCUT2D eigenvalue weighted by molar-refractivity contribution is 0.520. The van der Waals surface area contributed by atoms with Crippen LogP contribution in [0.2, 0.25) is 0 Å². The average Bonchev–Trinajstić information content (AvgIpc) is 2.44. The molecule has 1 rings (SSSR count). The van der Waals surface area contributed by atoms with E-state index in [1.807, 2.05) is 11.9 Å². The van der Waals surface area contributed by atoms with Crippen molar-refractivity contribution in [3.8, 4) is 0 Å². The summed E-state index contributed by atoms with van der Waals surface area (Å²) in [6, 6.07) is 5.15. The third kappa shape index (κ3) is 4.28. The number of thioether (sulfide) groups is 1. The monoisotopic (exact) mass is 331 g/mol. The summed E-state index contributed by atoms with van der Waals surface area (Å²) >= 11 is 1.80. The van der Waals surface area contributed by atoms with Crippen LogP contribution in [0.5, 0.6) is 0 Å². The van der Waals surface area contributed by atoms with E-state index < -0.39 is 10.0 Å². The van der Waals surface area contributed by atoms with E-state index in [4.69, 9.17) is 5.73 Å². The molecular formula is C14H25N3O2S2. The molecule has 1 atom stereocenters. The molecule has 2 N–H and O–H groups in total. The summed E-state index contributed by atoms with van der Waals surface area (Å²) in [7, 11) is 1.55. The number of nitrogen functional groups attached to an aromatic ring is 1. The minimum atomic E-state index is -3.45. The SMILES string of the molecule is CSCCC(C)N(C)c1cc(S(=O)(=O)N(C)C)ccc1N. The van der Waals surface area contributed by atoms with Gasteiger partial charge in [0.2, 0.25) is 10.0 Å². The summed E-state index contributed by atoms with van der Waals surface area (Å²) in [5, 5.41) is 0. The smallest absolute Gasteiger partial charge is 0.242 e. The van der Waals surface area contributed by atoms with Gasteiger partial charge in [0.05, 0.1) is 16.3 Å². The molecule has 5 nitrogen and oxygen atoms in total. The minimum Gasteiger partial charge on any atom is -0.397 e. The largest absolute Gasteiger partial charge is 0.397 e. The Morgan fingerprint density at radius 2 is 1.90 bits per heavy atom. The van der Waals surface area contributed by atoms with Crippen LogP contribution in [0.15, 0.2) is 23.1 Å². The molecule has 0 amide bonds. The van der Waals surface area contributed by atoms with Crippen LogP contribution in [0, 0.1) is 0 Å². The molecule has 120 valence electrons. The first-order chi connectivity index (χ1) is 9.71. The van der Waals surface area contributed by atoms with Crippen LogP contribution in [0.3, 0.4) is 0 Å². The molecule has 0 aliphatic rings. The molecule has 1 aromatic rings. The van der Waals surface area contributed by atoms with E-state index in [9.17, 15) is 8.42 Å². The number of nitrogens with zero attached hydrogens (tertiary/aromatic N) is 2. The van der Waals surface area contributed by atoms with E-state index in [1.165, 1.54) is 18.4 Å². The van der Waals surface area contributed by atoms with Crippen molar-refractivity contribution >= 4 is 33.2 Å². The number of benzene rings is 1. The zero-order chi connectivity index (χ0) is 16.2. The predicted octanol–water partition coefficient (Wildman–Crippen LogP) is 2.10. The van der Waals surface area contributed by atoms with Gasteiger partial charge < -0.3 is 10.6 Å². The van der Waals surface area contributed by atoms with Crippen molar-refractivity contribution in [2.75, 3.05) is 43.8 Å². The van der Waals surface area contributed by atoms with Gasteiger partial charge in [0.25, 0.3) is 0 Å². The second-order valence-electron chi connectivity index (χ2n) is 5.25. The van der Waals surface area contributed by atoms with Crippen molar-refractivity contribution in [2.45, 2.75) is 24.3 Å². The molecule has 0 aliphatic heterocycles. The number of rotatable bonds is 7. The highest BCUT2D eigenvalue weighted by Gasteiger charge is 2.20. The minimum absolute atomic E-state index is 0.264. The molecule has 0 radical (unpaired) electrons. The van der Waals surface area contributed by atoms with E-state index in [-0.39, 0.29) is 10.9 Å². The van der Waals surface area contributed by atoms with Crippen LogP contribution >= 0.6 is 11.8 Å². The van der Waals surface area contributed by atoms with Gasteiger partial charge in [0, 0.05) is 27.2 Å². The summed E-state index contributed by atoms with van der Waals surface area (Å²) in [6.45, 7) is 2.11. The Kier molecular flexibility index (Phi) is 6.37. The van der Waals surface area contributed by atoms with Crippen LogP contribution in [0.25, 0.3) is 0 Å². The van der Waals surface area contributed by atoms with Crippen LogP contribution < -0.4 is 10.6 Å². The highest BCUT2D eigenvalue weighted by molar-refractivity contribution is 7.98. The molecule has 0 saturated carbocycles. The fourth-order valence-corrected chi connectivity index (χ4v) is 3.42. The van der Waals surface area contributed by atoms with Gasteiger partial charge in [-0.05, 0) is 43.6 Å². The Balaban J connectivity index is 3.14. The van der Waals surface area contributed by atoms with Gasteiger partial charge in [-0.2, -0.15) is 11.8 Å². The lowest BCUT2D eigenvalue weighted by atomic mass is 10.2. The highest BCUT2D eigenvalue weighted by atomic mass is 32.2. The molecule has 0 aliphatic carbocycles. The molecule has 0 fully saturated rings. The van der Waals surface area contributed by atoms with Crippen molar-refractivity contribution in [2.24, 2.45) is 0 Å². The Labute approximate surface area is 132 Å². The van der Waals surface area contributed by atoms with E-state index >= 15 is 0 Å². The molecule has 7 heteroatoms. The van der Waals surface area contributed by atoms with Crippen molar-refractivity contribution in [1.82, 2.24) is 4.31 Å². The Morgan fingerprint density at radius 3 is 2.43 bits per heavy atom. The Bertz CT molecular complexity index is 574. The summed E-state index contributed by atoms with van der Waals surface area (Å²) in [6.07, 6.45) is 3.09. The van der Waals surface area contributed by atoms with Gasteiger partial charge in [-0.15, -0.1) is 0 Å². The Hall–Kier alpha value is -0.920. The molecule has 0 heterocycles. The predicted molar refractivity (Wildman–Crippen MR) is 92.6 cm³/mol. The molecule has 0 bridgehead atoms. The van der Waals surface area contributed by atoms with E-state index in [0.29, 0.717) is 5.69 Å². The third-order valence-electron chi connectivity index (χ3n) is 3.56. The number of hydrogen-bond donors (Lipinski definition) is 1. The highest BCUT2D eigenvalue weighted by Crippen LogP contribution is 2.28. The van der Waals surface area contributed by atoms with E-state index in [0.717, 1.165) is 17.9 Å². The van der Waals surface area contributed by atoms with Crippen molar-refractivity contribution in [3.05, 3.63) is 18.2 Å². The van der Waals surface area contributed by atoms with Gasteiger partial charge in [-0.1, -0.05) is 0 Å². The van der Waals surface area contributed by atoms with Gasteiger partial charge in [-0.25, -0.2) is 12.7 Å². The van der Waals surface area contributed by atoms with Crippen molar-refractivity contribution in [1.29, 1.82) is 0 Å². The van der Waals surface area contributed by atoms with Crippen LogP contribution in [0.4, 0.5) is 11.4 Å². The first-order valence-electron chi connectivity index (χ1n) is 6.75. The molecular weight excluding hydrogens is 306 g/mol. The first-order valence-corrected chi connectivity index (χ1v) is 9.59. The lowest BCUT2D eigenvalue weighted by Gasteiger charge is -2.28. The fourth-order valence-electron chi connectivity index (χ4n) is 1.92. The van der Waals surface area contributed by atoms with Gasteiger partial charge >= 0.3 is 0 Å². The number of nitrogens with two attached hydrogens (primary N) is 1. The van der Waals surface area contributed by atoms with Crippen LogP contribution in [0.1, 0.15) is 13.3 Å². The lowest BCUT2D eigenvalue weighted by Crippen LogP contribution is -2.30. The molecule has 0 spiro atoms. The quantitative estimate of drug-likeness (QED) is 0.775. The van der Waals surface area contributed by atoms with E-state index in [2.05, 4.69) is 13.2 Å². The third-order valence-corrected chi connectivity index (χ3v) is 6.02. The number of hydrogen-bond acceptors (Lipinski definition) is 5. The molecule has 1 unspecified atom stereocenters. The summed E-state index contributed by atoms with van der Waals surface area (Å²) in [5.74, 6) is 1.06. The van der Waals surface area contributed by atoms with Gasteiger partial charge in [0.15, 0.2) is 0 Å². The van der Waals surface area contributed by atoms with Gasteiger partial charge in [0.1, 0.15) is 0 Å². The van der Waals surface area contributed by atoms with Crippen LogP contribution in [-0.4, -0.2) is 51.9 Å². The second-order valence-corrected chi connectivity index (χ2v) is 8.39. The zero-order valence-corrected chi connectivity index (χ0v) is 15.0. The number of anilines is 2. The summed E-state index contributed by atoms with van der Waals surface area (Å²) in [4.78, 5) is 2.31. The molecule has 0 saturated heterocycles. The normalized spacial score (nSPS) is 13.4. The van der Waals surface area contributed by atoms with Crippen molar-refractivity contribution in [3.63, 3.8) is 0 Å². The molecule has 21 heavy (non-hydrogen) atoms. The summed E-state index contributed by atoms with van der Waals surface area (Å²) in [5.41, 5.74) is 7.37. The van der Waals surface area contributed by atoms with E-state index in [1.54, 1.807) is 30.0 Å². The van der Waals surface area contributed by atoms with Crippen molar-refractivity contribution < 1.29 is 8.42 Å². The summed E-state index contributed by atoms with van der Waals surface area (Å²) < 4.78 is 25.7. The maximum atomic E-state index is 12.2. The molecule has 1 aromatic carbocycles. The van der Waals surface area contributed by atoms with Gasteiger partial charge in [-0.3, -0.25) is 0 Å². The maximum absolute atomic E-state index is 12.2. The average molecular weight is 332 g/mol. The topological polar surface area (TPSA) is 66.6 Å². The standard InChI is InChI=1S/C14H25N3O2S2/c1-11(8-9-20-5)17(4)14-10-12(6-7-13(14)15)21(18,19)16(2)3/h6-7,10-11H,8-9,15H2,1-5H3. The number of sulfonamides is 1. The first kappa shape index (κ1) is 18.1. The zero-order valence-electron chi connectivity index (χ0n) is 13.3. The van der Waals surface area contributed by atoms with Crippen LogP contribution in [-0.2, 0) is 10.0 Å². The maximum Gasteiger partial charge on any atom is 0.242 e. The fraction of sp³-hybridized carbons (Fsp3) is 0.571.